The second-order valence-electron chi connectivity index (χ2n) is 7.72. The van der Waals surface area contributed by atoms with Gasteiger partial charge in [-0.2, -0.15) is 0 Å². The number of allylic oxidation sites excluding steroid dienone is 1. The molecule has 9 heteroatoms. The number of methoxy groups -OCH3 is 1. The molecule has 0 bridgehead atoms. The number of aromatic hydroxyl groups is 1. The summed E-state index contributed by atoms with van der Waals surface area (Å²) in [5, 5.41) is 10.1. The predicted octanol–water partition coefficient (Wildman–Crippen LogP) is 3.02. The number of hydrogen-bond donors (Lipinski definition) is 1. The number of ether oxygens (including phenoxy) is 3. The van der Waals surface area contributed by atoms with Crippen LogP contribution in [0.1, 0.15) is 37.9 Å². The highest BCUT2D eigenvalue weighted by Gasteiger charge is 2.32. The molecule has 0 aliphatic carbocycles. The maximum atomic E-state index is 13.3. The van der Waals surface area contributed by atoms with E-state index < -0.39 is 12.0 Å². The van der Waals surface area contributed by atoms with Gasteiger partial charge in [-0.3, -0.25) is 9.36 Å². The Labute approximate surface area is 206 Å². The quantitative estimate of drug-likeness (QED) is 0.507. The number of carbonyl (C=O) groups excluding carboxylic acids is 1. The molecular formula is C26H26N2O6S. The first kappa shape index (κ1) is 24.3. The minimum atomic E-state index is -0.722. The van der Waals surface area contributed by atoms with Crippen LogP contribution in [0.3, 0.4) is 0 Å². The van der Waals surface area contributed by atoms with E-state index in [1.807, 2.05) is 31.2 Å². The predicted molar refractivity (Wildman–Crippen MR) is 133 cm³/mol. The van der Waals surface area contributed by atoms with E-state index in [2.05, 4.69) is 0 Å². The van der Waals surface area contributed by atoms with Crippen molar-refractivity contribution in [3.8, 4) is 17.2 Å². The Morgan fingerprint density at radius 1 is 1.17 bits per heavy atom. The van der Waals surface area contributed by atoms with E-state index in [4.69, 9.17) is 19.2 Å². The number of benzene rings is 2. The standard InChI is InChI=1S/C26H26N2O6S/c1-5-33-20-14-17(9-12-19(20)29)23-22(25(31)34-6-2)15(3)28-24(30)21(35-26(28)27-23)13-16-7-10-18(32-4)11-8-16/h7-14,23,29H,5-6H2,1-4H3/b21-13-/t23-/m0/s1. The number of fused-ring (bicyclic) bond motifs is 1. The molecule has 2 heterocycles. The van der Waals surface area contributed by atoms with Crippen LogP contribution < -0.4 is 24.4 Å². The van der Waals surface area contributed by atoms with Crippen molar-refractivity contribution in [3.05, 3.63) is 78.9 Å². The SMILES string of the molecule is CCOC(=O)C1=C(C)n2c(s/c(=C\c3ccc(OC)cc3)c2=O)=N[C@H]1c1ccc(O)c(OCC)c1. The van der Waals surface area contributed by atoms with Gasteiger partial charge in [-0.1, -0.05) is 29.5 Å². The van der Waals surface area contributed by atoms with Crippen molar-refractivity contribution in [1.82, 2.24) is 4.57 Å². The van der Waals surface area contributed by atoms with Crippen molar-refractivity contribution in [3.63, 3.8) is 0 Å². The number of phenols is 1. The molecule has 3 aromatic rings. The molecule has 1 aromatic heterocycles. The van der Waals surface area contributed by atoms with Crippen molar-refractivity contribution in [1.29, 1.82) is 0 Å². The molecule has 0 unspecified atom stereocenters. The van der Waals surface area contributed by atoms with Gasteiger partial charge < -0.3 is 19.3 Å². The van der Waals surface area contributed by atoms with Gasteiger partial charge in [-0.15, -0.1) is 0 Å². The molecule has 0 saturated carbocycles. The lowest BCUT2D eigenvalue weighted by atomic mass is 9.96. The fraction of sp³-hybridized carbons (Fsp3) is 0.269. The lowest BCUT2D eigenvalue weighted by Crippen LogP contribution is -2.35. The maximum Gasteiger partial charge on any atom is 0.338 e. The summed E-state index contributed by atoms with van der Waals surface area (Å²) in [5.74, 6) is 0.465. The molecule has 0 saturated heterocycles. The highest BCUT2D eigenvalue weighted by Crippen LogP contribution is 2.36. The van der Waals surface area contributed by atoms with Crippen molar-refractivity contribution < 1.29 is 24.1 Å². The highest BCUT2D eigenvalue weighted by molar-refractivity contribution is 7.07. The number of carbonyl (C=O) groups is 1. The van der Waals surface area contributed by atoms with Crippen LogP contribution in [0.4, 0.5) is 0 Å². The maximum absolute atomic E-state index is 13.3. The first-order chi connectivity index (χ1) is 16.9. The third-order valence-electron chi connectivity index (χ3n) is 5.55. The van der Waals surface area contributed by atoms with Gasteiger partial charge in [-0.25, -0.2) is 9.79 Å². The molecule has 35 heavy (non-hydrogen) atoms. The minimum Gasteiger partial charge on any atom is -0.504 e. The highest BCUT2D eigenvalue weighted by atomic mass is 32.1. The smallest absolute Gasteiger partial charge is 0.338 e. The molecule has 1 aliphatic rings. The number of esters is 1. The van der Waals surface area contributed by atoms with Crippen LogP contribution in [0, 0.1) is 0 Å². The molecule has 4 rings (SSSR count). The number of rotatable bonds is 7. The van der Waals surface area contributed by atoms with E-state index in [0.717, 1.165) is 11.3 Å². The van der Waals surface area contributed by atoms with E-state index in [1.54, 1.807) is 39.2 Å². The lowest BCUT2D eigenvalue weighted by Gasteiger charge is -2.22. The molecule has 2 aromatic carbocycles. The minimum absolute atomic E-state index is 0.00537. The van der Waals surface area contributed by atoms with Crippen LogP contribution in [-0.4, -0.2) is 36.0 Å². The van der Waals surface area contributed by atoms with Crippen molar-refractivity contribution in [2.24, 2.45) is 4.99 Å². The molecule has 0 amide bonds. The van der Waals surface area contributed by atoms with Crippen molar-refractivity contribution in [2.45, 2.75) is 26.8 Å². The summed E-state index contributed by atoms with van der Waals surface area (Å²) in [6.45, 7) is 5.81. The average molecular weight is 495 g/mol. The van der Waals surface area contributed by atoms with E-state index >= 15 is 0 Å². The molecule has 1 atom stereocenters. The zero-order chi connectivity index (χ0) is 25.1. The largest absolute Gasteiger partial charge is 0.504 e. The van der Waals surface area contributed by atoms with Crippen LogP contribution in [0.15, 0.2) is 57.8 Å². The molecule has 1 aliphatic heterocycles. The number of phenolic OH excluding ortho intramolecular Hbond substituents is 1. The Morgan fingerprint density at radius 3 is 2.57 bits per heavy atom. The Balaban J connectivity index is 1.91. The molecule has 182 valence electrons. The monoisotopic (exact) mass is 494 g/mol. The third kappa shape index (κ3) is 4.72. The van der Waals surface area contributed by atoms with Crippen molar-refractivity contribution in [2.75, 3.05) is 20.3 Å². The number of thiazole rings is 1. The molecule has 0 fully saturated rings. The second kappa shape index (κ2) is 10.2. The van der Waals surface area contributed by atoms with Gasteiger partial charge >= 0.3 is 5.97 Å². The molecular weight excluding hydrogens is 468 g/mol. The topological polar surface area (TPSA) is 99.4 Å². The van der Waals surface area contributed by atoms with E-state index in [9.17, 15) is 14.7 Å². The van der Waals surface area contributed by atoms with E-state index in [0.29, 0.717) is 33.0 Å². The third-order valence-corrected chi connectivity index (χ3v) is 6.54. The summed E-state index contributed by atoms with van der Waals surface area (Å²) >= 11 is 1.24. The second-order valence-corrected chi connectivity index (χ2v) is 8.73. The first-order valence-electron chi connectivity index (χ1n) is 11.2. The van der Waals surface area contributed by atoms with Gasteiger partial charge in [0.2, 0.25) is 0 Å². The molecule has 1 N–H and O–H groups in total. The summed E-state index contributed by atoms with van der Waals surface area (Å²) in [4.78, 5) is 31.6. The number of nitrogens with zero attached hydrogens (tertiary/aromatic N) is 2. The van der Waals surface area contributed by atoms with E-state index in [-0.39, 0.29) is 23.5 Å². The summed E-state index contributed by atoms with van der Waals surface area (Å²) in [7, 11) is 1.60. The van der Waals surface area contributed by atoms with Crippen LogP contribution in [0.2, 0.25) is 0 Å². The van der Waals surface area contributed by atoms with Crippen LogP contribution in [-0.2, 0) is 9.53 Å². The first-order valence-corrected chi connectivity index (χ1v) is 12.0. The Kier molecular flexibility index (Phi) is 7.07. The zero-order valence-electron chi connectivity index (χ0n) is 19.9. The van der Waals surface area contributed by atoms with Crippen LogP contribution in [0.5, 0.6) is 17.2 Å². The van der Waals surface area contributed by atoms with Gasteiger partial charge in [0.05, 0.1) is 30.4 Å². The number of aromatic nitrogens is 1. The van der Waals surface area contributed by atoms with Crippen LogP contribution in [0.25, 0.3) is 11.8 Å². The van der Waals surface area contributed by atoms with Crippen LogP contribution >= 0.6 is 11.3 Å². The fourth-order valence-electron chi connectivity index (χ4n) is 3.88. The normalized spacial score (nSPS) is 15.4. The van der Waals surface area contributed by atoms with E-state index in [1.165, 1.54) is 22.0 Å². The Bertz CT molecular complexity index is 1470. The van der Waals surface area contributed by atoms with Gasteiger partial charge in [0, 0.05) is 5.70 Å². The van der Waals surface area contributed by atoms with Gasteiger partial charge in [0.15, 0.2) is 16.3 Å². The van der Waals surface area contributed by atoms with Crippen molar-refractivity contribution >= 4 is 29.1 Å². The fourth-order valence-corrected chi connectivity index (χ4v) is 4.92. The summed E-state index contributed by atoms with van der Waals surface area (Å²) < 4.78 is 18.0. The number of hydrogen-bond acceptors (Lipinski definition) is 8. The Hall–Kier alpha value is -3.85. The van der Waals surface area contributed by atoms with Gasteiger partial charge in [-0.05, 0) is 62.2 Å². The van der Waals surface area contributed by atoms with Gasteiger partial charge in [0.25, 0.3) is 5.56 Å². The molecule has 0 spiro atoms. The summed E-state index contributed by atoms with van der Waals surface area (Å²) in [6.07, 6.45) is 1.79. The Morgan fingerprint density at radius 2 is 1.91 bits per heavy atom. The summed E-state index contributed by atoms with van der Waals surface area (Å²) in [5.41, 5.74) is 1.94. The zero-order valence-corrected chi connectivity index (χ0v) is 20.7. The lowest BCUT2D eigenvalue weighted by molar-refractivity contribution is -0.138. The summed E-state index contributed by atoms with van der Waals surface area (Å²) in [6, 6.07) is 11.5. The molecule has 8 nitrogen and oxygen atoms in total. The average Bonchev–Trinajstić information content (AvgIpc) is 3.16. The van der Waals surface area contributed by atoms with Gasteiger partial charge in [0.1, 0.15) is 11.8 Å². The molecule has 0 radical (unpaired) electrons.